The minimum Gasteiger partial charge on any atom is -0.286 e. The molecule has 0 spiro atoms. The summed E-state index contributed by atoms with van der Waals surface area (Å²) in [6.45, 7) is 0. The molecule has 0 radical (unpaired) electrons. The molecule has 0 saturated carbocycles. The molecule has 1 saturated heterocycles. The van der Waals surface area contributed by atoms with E-state index in [2.05, 4.69) is 16.3 Å². The van der Waals surface area contributed by atoms with Crippen LogP contribution in [0.4, 0.5) is 0 Å². The van der Waals surface area contributed by atoms with Crippen LogP contribution >= 0.6 is 11.8 Å². The fraction of sp³-hybridized carbons (Fsp3) is 0.462. The number of rotatable bonds is 2. The lowest BCUT2D eigenvalue weighted by Crippen LogP contribution is -2.13. The molecule has 0 aromatic carbocycles. The molecule has 1 aliphatic heterocycles. The van der Waals surface area contributed by atoms with Crippen molar-refractivity contribution in [3.63, 3.8) is 0 Å². The van der Waals surface area contributed by atoms with Gasteiger partial charge < -0.3 is 0 Å². The highest BCUT2D eigenvalue weighted by atomic mass is 32.2. The van der Waals surface area contributed by atoms with Crippen LogP contribution in [0, 0.1) is 17.2 Å². The van der Waals surface area contributed by atoms with Gasteiger partial charge in [-0.25, -0.2) is 0 Å². The topological polar surface area (TPSA) is 54.0 Å². The number of nitriles is 1. The van der Waals surface area contributed by atoms with Crippen LogP contribution in [-0.4, -0.2) is 26.1 Å². The standard InChI is InChI=1S/C13H14N4S/c14-9-11-1-4-17-12(15-16-13(17)8-11)7-10-2-5-18-6-3-10/h1,4,8,10H,2-3,5-7H2. The van der Waals surface area contributed by atoms with Crippen molar-refractivity contribution in [3.8, 4) is 6.07 Å². The van der Waals surface area contributed by atoms with Crippen molar-refractivity contribution < 1.29 is 0 Å². The third-order valence-electron chi connectivity index (χ3n) is 3.42. The van der Waals surface area contributed by atoms with E-state index < -0.39 is 0 Å². The van der Waals surface area contributed by atoms with Crippen molar-refractivity contribution >= 4 is 17.4 Å². The number of pyridine rings is 1. The summed E-state index contributed by atoms with van der Waals surface area (Å²) in [5.74, 6) is 4.28. The second-order valence-corrected chi connectivity index (χ2v) is 5.86. The van der Waals surface area contributed by atoms with Crippen molar-refractivity contribution in [2.45, 2.75) is 19.3 Å². The summed E-state index contributed by atoms with van der Waals surface area (Å²) in [6.07, 6.45) is 5.44. The highest BCUT2D eigenvalue weighted by Crippen LogP contribution is 2.25. The number of fused-ring (bicyclic) bond motifs is 1. The first-order chi connectivity index (χ1) is 8.86. The molecule has 18 heavy (non-hydrogen) atoms. The number of nitrogens with zero attached hydrogens (tertiary/aromatic N) is 4. The van der Waals surface area contributed by atoms with Gasteiger partial charge >= 0.3 is 0 Å². The molecular weight excluding hydrogens is 244 g/mol. The Morgan fingerprint density at radius 1 is 1.39 bits per heavy atom. The molecule has 0 amide bonds. The molecule has 3 rings (SSSR count). The molecule has 3 heterocycles. The average molecular weight is 258 g/mol. The molecule has 0 unspecified atom stereocenters. The molecule has 92 valence electrons. The van der Waals surface area contributed by atoms with Crippen LogP contribution in [0.2, 0.25) is 0 Å². The molecule has 1 aliphatic rings. The lowest BCUT2D eigenvalue weighted by Gasteiger charge is -2.20. The summed E-state index contributed by atoms with van der Waals surface area (Å²) < 4.78 is 2.00. The minimum atomic E-state index is 0.635. The Bertz CT molecular complexity index is 593. The van der Waals surface area contributed by atoms with Gasteiger partial charge in [0.2, 0.25) is 0 Å². The highest BCUT2D eigenvalue weighted by Gasteiger charge is 2.17. The lowest BCUT2D eigenvalue weighted by molar-refractivity contribution is 0.474. The number of hydrogen-bond donors (Lipinski definition) is 0. The van der Waals surface area contributed by atoms with Gasteiger partial charge in [0.05, 0.1) is 11.6 Å². The average Bonchev–Trinajstić information content (AvgIpc) is 2.82. The van der Waals surface area contributed by atoms with Crippen LogP contribution < -0.4 is 0 Å². The third kappa shape index (κ3) is 2.21. The van der Waals surface area contributed by atoms with Gasteiger partial charge in [-0.1, -0.05) is 0 Å². The Morgan fingerprint density at radius 3 is 3.00 bits per heavy atom. The van der Waals surface area contributed by atoms with Gasteiger partial charge in [0, 0.05) is 18.7 Å². The van der Waals surface area contributed by atoms with Gasteiger partial charge in [-0.05, 0) is 36.3 Å². The van der Waals surface area contributed by atoms with Crippen molar-refractivity contribution in [2.75, 3.05) is 11.5 Å². The summed E-state index contributed by atoms with van der Waals surface area (Å²) in [4.78, 5) is 0. The van der Waals surface area contributed by atoms with Crippen LogP contribution in [0.5, 0.6) is 0 Å². The van der Waals surface area contributed by atoms with Crippen LogP contribution in [0.1, 0.15) is 24.2 Å². The van der Waals surface area contributed by atoms with E-state index in [-0.39, 0.29) is 0 Å². The number of hydrogen-bond acceptors (Lipinski definition) is 4. The summed E-state index contributed by atoms with van der Waals surface area (Å²) in [5.41, 5.74) is 1.41. The second-order valence-electron chi connectivity index (χ2n) is 4.63. The first kappa shape index (κ1) is 11.5. The molecular formula is C13H14N4S. The van der Waals surface area contributed by atoms with E-state index in [4.69, 9.17) is 5.26 Å². The minimum absolute atomic E-state index is 0.635. The van der Waals surface area contributed by atoms with Gasteiger partial charge in [-0.2, -0.15) is 17.0 Å². The molecule has 1 fully saturated rings. The zero-order valence-electron chi connectivity index (χ0n) is 10.0. The van der Waals surface area contributed by atoms with Gasteiger partial charge in [-0.3, -0.25) is 4.40 Å². The van der Waals surface area contributed by atoms with Gasteiger partial charge in [0.25, 0.3) is 0 Å². The van der Waals surface area contributed by atoms with Crippen LogP contribution in [-0.2, 0) is 6.42 Å². The summed E-state index contributed by atoms with van der Waals surface area (Å²) in [6, 6.07) is 5.73. The van der Waals surface area contributed by atoms with E-state index in [1.54, 1.807) is 6.07 Å². The first-order valence-corrected chi connectivity index (χ1v) is 7.34. The maximum absolute atomic E-state index is 8.86. The van der Waals surface area contributed by atoms with Crippen molar-refractivity contribution in [3.05, 3.63) is 29.7 Å². The first-order valence-electron chi connectivity index (χ1n) is 6.18. The molecule has 2 aromatic heterocycles. The Kier molecular flexibility index (Phi) is 3.20. The zero-order chi connectivity index (χ0) is 12.4. The zero-order valence-corrected chi connectivity index (χ0v) is 10.9. The molecule has 0 N–H and O–H groups in total. The molecule has 4 nitrogen and oxygen atoms in total. The van der Waals surface area contributed by atoms with E-state index in [0.29, 0.717) is 5.56 Å². The van der Waals surface area contributed by atoms with Crippen LogP contribution in [0.15, 0.2) is 18.3 Å². The van der Waals surface area contributed by atoms with E-state index >= 15 is 0 Å². The summed E-state index contributed by atoms with van der Waals surface area (Å²) in [5, 5.41) is 17.3. The SMILES string of the molecule is N#Cc1ccn2c(CC3CCSCC3)nnc2c1. The maximum Gasteiger partial charge on any atom is 0.162 e. The van der Waals surface area contributed by atoms with Gasteiger partial charge in [-0.15, -0.1) is 10.2 Å². The van der Waals surface area contributed by atoms with Crippen LogP contribution in [0.25, 0.3) is 5.65 Å². The summed E-state index contributed by atoms with van der Waals surface area (Å²) >= 11 is 2.04. The van der Waals surface area contributed by atoms with E-state index in [1.807, 2.05) is 28.4 Å². The van der Waals surface area contributed by atoms with Crippen LogP contribution in [0.3, 0.4) is 0 Å². The Hall–Kier alpha value is -1.54. The fourth-order valence-corrected chi connectivity index (χ4v) is 3.56. The largest absolute Gasteiger partial charge is 0.286 e. The lowest BCUT2D eigenvalue weighted by atomic mass is 9.98. The predicted octanol–water partition coefficient (Wildman–Crippen LogP) is 2.29. The molecule has 0 aliphatic carbocycles. The maximum atomic E-state index is 8.86. The molecule has 2 aromatic rings. The fourth-order valence-electron chi connectivity index (χ4n) is 2.36. The second kappa shape index (κ2) is 4.99. The van der Waals surface area contributed by atoms with E-state index in [0.717, 1.165) is 23.8 Å². The number of aromatic nitrogens is 3. The molecule has 0 bridgehead atoms. The summed E-state index contributed by atoms with van der Waals surface area (Å²) in [7, 11) is 0. The van der Waals surface area contributed by atoms with Gasteiger partial charge in [0.15, 0.2) is 5.65 Å². The Morgan fingerprint density at radius 2 is 2.22 bits per heavy atom. The normalized spacial score (nSPS) is 16.8. The highest BCUT2D eigenvalue weighted by molar-refractivity contribution is 7.99. The van der Waals surface area contributed by atoms with E-state index in [1.165, 1.54) is 24.3 Å². The Balaban J connectivity index is 1.86. The van der Waals surface area contributed by atoms with Crippen molar-refractivity contribution in [1.82, 2.24) is 14.6 Å². The van der Waals surface area contributed by atoms with Crippen molar-refractivity contribution in [1.29, 1.82) is 5.26 Å². The van der Waals surface area contributed by atoms with Gasteiger partial charge in [0.1, 0.15) is 5.82 Å². The molecule has 5 heteroatoms. The quantitative estimate of drug-likeness (QED) is 0.829. The Labute approximate surface area is 110 Å². The third-order valence-corrected chi connectivity index (χ3v) is 4.47. The number of thioether (sulfide) groups is 1. The molecule has 0 atom stereocenters. The smallest absolute Gasteiger partial charge is 0.162 e. The monoisotopic (exact) mass is 258 g/mol. The predicted molar refractivity (Wildman–Crippen MR) is 71.5 cm³/mol. The van der Waals surface area contributed by atoms with E-state index in [9.17, 15) is 0 Å². The van der Waals surface area contributed by atoms with Crippen molar-refractivity contribution in [2.24, 2.45) is 5.92 Å².